The first-order valence-electron chi connectivity index (χ1n) is 11.3. The number of fused-ring (bicyclic) bond motifs is 1. The van der Waals surface area contributed by atoms with Crippen molar-refractivity contribution in [2.24, 2.45) is 0 Å². The van der Waals surface area contributed by atoms with Crippen molar-refractivity contribution in [3.05, 3.63) is 80.9 Å². The van der Waals surface area contributed by atoms with Crippen LogP contribution in [-0.4, -0.2) is 46.3 Å². The third kappa shape index (κ3) is 5.28. The number of thioether (sulfide) groups is 1. The van der Waals surface area contributed by atoms with Crippen LogP contribution in [0.4, 0.5) is 4.39 Å². The molecule has 1 aliphatic rings. The predicted octanol–water partition coefficient (Wildman–Crippen LogP) is 4.81. The Morgan fingerprint density at radius 2 is 2.03 bits per heavy atom. The number of carbonyl (C=O) groups excluding carboxylic acids is 1. The maximum Gasteiger partial charge on any atom is 0.275 e. The van der Waals surface area contributed by atoms with E-state index in [1.807, 2.05) is 26.8 Å². The number of hydrogen-bond acceptors (Lipinski definition) is 5. The van der Waals surface area contributed by atoms with Crippen LogP contribution in [0.25, 0.3) is 4.91 Å². The maximum atomic E-state index is 13.3. The number of aromatic hydroxyl groups is 1. The summed E-state index contributed by atoms with van der Waals surface area (Å²) in [4.78, 5) is 29.4. The van der Waals surface area contributed by atoms with Crippen molar-refractivity contribution in [3.8, 4) is 5.75 Å². The molecule has 1 amide bonds. The highest BCUT2D eigenvalue weighted by atomic mass is 32.2. The topological polar surface area (TPSA) is 71.8 Å². The molecule has 0 fully saturated rings. The number of halogens is 1. The van der Waals surface area contributed by atoms with Crippen molar-refractivity contribution < 1.29 is 19.0 Å². The van der Waals surface area contributed by atoms with Gasteiger partial charge in [0.05, 0.1) is 18.2 Å². The van der Waals surface area contributed by atoms with Crippen LogP contribution in [0, 0.1) is 5.82 Å². The quantitative estimate of drug-likeness (QED) is 0.551. The predicted molar refractivity (Wildman–Crippen MR) is 134 cm³/mol. The Morgan fingerprint density at radius 1 is 1.35 bits per heavy atom. The lowest BCUT2D eigenvalue weighted by Gasteiger charge is -2.41. The van der Waals surface area contributed by atoms with E-state index >= 15 is 0 Å². The monoisotopic (exact) mass is 486 g/mol. The van der Waals surface area contributed by atoms with Gasteiger partial charge in [0, 0.05) is 37.2 Å². The Morgan fingerprint density at radius 3 is 2.62 bits per heavy atom. The molecule has 0 saturated heterocycles. The number of methoxy groups -OCH3 is 1. The number of ether oxygens (including phenoxy) is 1. The smallest absolute Gasteiger partial charge is 0.275 e. The van der Waals surface area contributed by atoms with Crippen molar-refractivity contribution in [2.75, 3.05) is 13.7 Å². The third-order valence-electron chi connectivity index (χ3n) is 6.09. The normalized spacial score (nSPS) is 17.0. The lowest BCUT2D eigenvalue weighted by Crippen LogP contribution is -2.54. The van der Waals surface area contributed by atoms with Gasteiger partial charge in [-0.2, -0.15) is 0 Å². The fourth-order valence-electron chi connectivity index (χ4n) is 4.12. The van der Waals surface area contributed by atoms with Gasteiger partial charge < -0.3 is 19.3 Å². The molecule has 6 nitrogen and oxygen atoms in total. The van der Waals surface area contributed by atoms with Crippen LogP contribution in [0.2, 0.25) is 0 Å². The van der Waals surface area contributed by atoms with Crippen molar-refractivity contribution in [2.45, 2.75) is 52.2 Å². The van der Waals surface area contributed by atoms with Crippen molar-refractivity contribution in [1.29, 1.82) is 0 Å². The van der Waals surface area contributed by atoms with Crippen LogP contribution in [0.15, 0.2) is 52.8 Å². The van der Waals surface area contributed by atoms with Crippen LogP contribution in [-0.2, 0) is 17.7 Å². The van der Waals surface area contributed by atoms with Crippen LogP contribution in [0.1, 0.15) is 48.8 Å². The Kier molecular flexibility index (Phi) is 8.38. The van der Waals surface area contributed by atoms with E-state index < -0.39 is 11.2 Å². The van der Waals surface area contributed by atoms with Crippen LogP contribution in [0.3, 0.4) is 0 Å². The minimum atomic E-state index is -0.622. The SMILES string of the molecule is C=C(S/C(=C\C)Cc1ccc(F)cc1)c1cn2c(c(O)c1=O)C(=O)N(C(C)CC)C(COC)C2. The summed E-state index contributed by atoms with van der Waals surface area (Å²) < 4.78 is 20.2. The summed E-state index contributed by atoms with van der Waals surface area (Å²) >= 11 is 1.32. The summed E-state index contributed by atoms with van der Waals surface area (Å²) in [7, 11) is 1.58. The van der Waals surface area contributed by atoms with Gasteiger partial charge in [-0.1, -0.05) is 43.5 Å². The second-order valence-corrected chi connectivity index (χ2v) is 9.61. The van der Waals surface area contributed by atoms with E-state index in [-0.39, 0.29) is 35.1 Å². The lowest BCUT2D eigenvalue weighted by molar-refractivity contribution is 0.0276. The number of hydrogen-bond donors (Lipinski definition) is 1. The fraction of sp³-hybridized carbons (Fsp3) is 0.385. The lowest BCUT2D eigenvalue weighted by atomic mass is 10.0. The zero-order valence-electron chi connectivity index (χ0n) is 20.0. The number of benzene rings is 1. The summed E-state index contributed by atoms with van der Waals surface area (Å²) in [6.07, 6.45) is 4.81. The van der Waals surface area contributed by atoms with Gasteiger partial charge in [-0.25, -0.2) is 4.39 Å². The molecule has 2 unspecified atom stereocenters. The molecule has 0 bridgehead atoms. The molecule has 8 heteroatoms. The van der Waals surface area contributed by atoms with E-state index in [9.17, 15) is 19.1 Å². The molecular weight excluding hydrogens is 455 g/mol. The van der Waals surface area contributed by atoms with Crippen molar-refractivity contribution in [1.82, 2.24) is 9.47 Å². The number of carbonyl (C=O) groups is 1. The molecule has 2 heterocycles. The number of rotatable bonds is 9. The highest BCUT2D eigenvalue weighted by Gasteiger charge is 2.37. The molecule has 0 spiro atoms. The third-order valence-corrected chi connectivity index (χ3v) is 7.20. The molecule has 2 atom stereocenters. The van der Waals surface area contributed by atoms with Gasteiger partial charge in [0.15, 0.2) is 11.4 Å². The van der Waals surface area contributed by atoms with Gasteiger partial charge in [0.25, 0.3) is 5.91 Å². The van der Waals surface area contributed by atoms with Crippen LogP contribution >= 0.6 is 11.8 Å². The van der Waals surface area contributed by atoms with Gasteiger partial charge >= 0.3 is 0 Å². The second-order valence-electron chi connectivity index (χ2n) is 8.38. The summed E-state index contributed by atoms with van der Waals surface area (Å²) in [5.41, 5.74) is 0.545. The summed E-state index contributed by atoms with van der Waals surface area (Å²) in [6.45, 7) is 10.6. The van der Waals surface area contributed by atoms with E-state index in [0.29, 0.717) is 24.5 Å². The minimum Gasteiger partial charge on any atom is -0.503 e. The molecule has 1 aromatic carbocycles. The molecule has 0 radical (unpaired) electrons. The molecule has 3 rings (SSSR count). The molecular formula is C26H31FN2O4S. The van der Waals surface area contributed by atoms with Gasteiger partial charge in [-0.15, -0.1) is 0 Å². The molecule has 1 N–H and O–H groups in total. The fourth-order valence-corrected chi connectivity index (χ4v) is 5.04. The molecule has 182 valence electrons. The highest BCUT2D eigenvalue weighted by Crippen LogP contribution is 2.35. The number of aromatic nitrogens is 1. The van der Waals surface area contributed by atoms with Crippen molar-refractivity contribution >= 4 is 22.6 Å². The second kappa shape index (κ2) is 11.1. The molecule has 0 aliphatic carbocycles. The van der Waals surface area contributed by atoms with Gasteiger partial charge in [0.2, 0.25) is 5.43 Å². The number of allylic oxidation sites excluding steroid dienone is 2. The minimum absolute atomic E-state index is 0.00299. The van der Waals surface area contributed by atoms with E-state index in [1.165, 1.54) is 23.9 Å². The molecule has 0 saturated carbocycles. The number of amides is 1. The van der Waals surface area contributed by atoms with Gasteiger partial charge in [0.1, 0.15) is 5.82 Å². The highest BCUT2D eigenvalue weighted by molar-refractivity contribution is 8.11. The van der Waals surface area contributed by atoms with Gasteiger partial charge in [-0.05, 0) is 42.9 Å². The Labute approximate surface area is 203 Å². The molecule has 34 heavy (non-hydrogen) atoms. The van der Waals surface area contributed by atoms with Gasteiger partial charge in [-0.3, -0.25) is 9.59 Å². The standard InChI is InChI=1S/C26H31FN2O4S/c1-6-16(3)29-20(15-33-5)13-28-14-22(24(30)25(31)23(28)26(29)32)17(4)34-21(7-2)12-18-8-10-19(27)11-9-18/h7-11,14,16,20,31H,4,6,12-13,15H2,1-3,5H3/b21-7-. The van der Waals surface area contributed by atoms with E-state index in [2.05, 4.69) is 6.58 Å². The Bertz CT molecular complexity index is 1160. The van der Waals surface area contributed by atoms with Crippen LogP contribution in [0.5, 0.6) is 5.75 Å². The first-order valence-corrected chi connectivity index (χ1v) is 12.1. The molecule has 2 aromatic rings. The number of nitrogens with zero attached hydrogens (tertiary/aromatic N) is 2. The van der Waals surface area contributed by atoms with E-state index in [1.54, 1.807) is 34.9 Å². The van der Waals surface area contributed by atoms with E-state index in [0.717, 1.165) is 16.9 Å². The zero-order valence-corrected chi connectivity index (χ0v) is 20.8. The van der Waals surface area contributed by atoms with Crippen molar-refractivity contribution in [3.63, 3.8) is 0 Å². The summed E-state index contributed by atoms with van der Waals surface area (Å²) in [5.74, 6) is -1.24. The zero-order chi connectivity index (χ0) is 25.0. The van der Waals surface area contributed by atoms with E-state index in [4.69, 9.17) is 4.74 Å². The first-order chi connectivity index (χ1) is 16.2. The summed E-state index contributed by atoms with van der Waals surface area (Å²) in [5, 5.41) is 10.8. The summed E-state index contributed by atoms with van der Waals surface area (Å²) in [6, 6.07) is 5.96. The first kappa shape index (κ1) is 25.8. The average molecular weight is 487 g/mol. The maximum absolute atomic E-state index is 13.3. The largest absolute Gasteiger partial charge is 0.503 e. The molecule has 1 aliphatic heterocycles. The number of pyridine rings is 1. The average Bonchev–Trinajstić information content (AvgIpc) is 2.81. The Hall–Kier alpha value is -2.84. The Balaban J connectivity index is 1.92. The van der Waals surface area contributed by atoms with Crippen LogP contribution < -0.4 is 5.43 Å². The molecule has 1 aromatic heterocycles.